The lowest BCUT2D eigenvalue weighted by Crippen LogP contribution is -2.24. The van der Waals surface area contributed by atoms with Crippen molar-refractivity contribution in [1.82, 2.24) is 0 Å². The second-order valence-electron chi connectivity index (χ2n) is 4.85. The van der Waals surface area contributed by atoms with Crippen molar-refractivity contribution in [1.29, 1.82) is 0 Å². The van der Waals surface area contributed by atoms with E-state index < -0.39 is 6.10 Å². The number of hydrogen-bond acceptors (Lipinski definition) is 5. The lowest BCUT2D eigenvalue weighted by Gasteiger charge is -2.28. The van der Waals surface area contributed by atoms with Crippen LogP contribution >= 0.6 is 0 Å². The lowest BCUT2D eigenvalue weighted by atomic mass is 9.90. The largest absolute Gasteiger partial charge is 0.493 e. The van der Waals surface area contributed by atoms with Crippen molar-refractivity contribution in [2.24, 2.45) is 5.92 Å². The molecular weight excluding hydrogens is 260 g/mol. The Hall–Kier alpha value is -1.46. The average molecular weight is 282 g/mol. The molecule has 1 saturated heterocycles. The van der Waals surface area contributed by atoms with E-state index in [2.05, 4.69) is 0 Å². The van der Waals surface area contributed by atoms with Gasteiger partial charge in [-0.1, -0.05) is 0 Å². The number of benzene rings is 1. The Morgan fingerprint density at radius 2 is 1.90 bits per heavy atom. The van der Waals surface area contributed by atoms with E-state index in [-0.39, 0.29) is 5.92 Å². The first kappa shape index (κ1) is 14.9. The van der Waals surface area contributed by atoms with Crippen LogP contribution in [0.1, 0.15) is 24.5 Å². The monoisotopic (exact) mass is 282 g/mol. The third-order valence-electron chi connectivity index (χ3n) is 3.70. The number of ether oxygens (including phenoxy) is 4. The molecule has 1 aromatic rings. The fourth-order valence-electron chi connectivity index (χ4n) is 2.63. The summed E-state index contributed by atoms with van der Waals surface area (Å²) in [5, 5.41) is 10.6. The summed E-state index contributed by atoms with van der Waals surface area (Å²) in [6, 6.07) is 3.60. The second-order valence-corrected chi connectivity index (χ2v) is 4.85. The van der Waals surface area contributed by atoms with Crippen LogP contribution in [-0.4, -0.2) is 39.6 Å². The molecule has 2 rings (SSSR count). The molecule has 1 fully saturated rings. The molecule has 5 heteroatoms. The molecule has 2 unspecified atom stereocenters. The van der Waals surface area contributed by atoms with Gasteiger partial charge in [0.05, 0.1) is 34.0 Å². The number of methoxy groups -OCH3 is 3. The van der Waals surface area contributed by atoms with Crippen LogP contribution in [0, 0.1) is 5.92 Å². The normalized spacial score (nSPS) is 20.3. The summed E-state index contributed by atoms with van der Waals surface area (Å²) in [5.74, 6) is 1.68. The quantitative estimate of drug-likeness (QED) is 0.897. The van der Waals surface area contributed by atoms with Gasteiger partial charge in [0.2, 0.25) is 5.75 Å². The van der Waals surface area contributed by atoms with Gasteiger partial charge in [0.15, 0.2) is 11.5 Å². The molecule has 1 N–H and O–H groups in total. The minimum Gasteiger partial charge on any atom is -0.493 e. The smallest absolute Gasteiger partial charge is 0.203 e. The zero-order valence-corrected chi connectivity index (χ0v) is 12.2. The molecule has 0 aliphatic carbocycles. The van der Waals surface area contributed by atoms with E-state index in [1.54, 1.807) is 27.4 Å². The van der Waals surface area contributed by atoms with E-state index in [4.69, 9.17) is 18.9 Å². The third kappa shape index (κ3) is 2.83. The standard InChI is InChI=1S/C15H22O5/c1-17-12-7-6-11(14(18-2)15(12)19-3)13(16)10-5-4-8-20-9-10/h6-7,10,13,16H,4-5,8-9H2,1-3H3. The topological polar surface area (TPSA) is 57.2 Å². The third-order valence-corrected chi connectivity index (χ3v) is 3.70. The number of aliphatic hydroxyl groups is 1. The molecule has 0 saturated carbocycles. The summed E-state index contributed by atoms with van der Waals surface area (Å²) < 4.78 is 21.5. The zero-order chi connectivity index (χ0) is 14.5. The Labute approximate surface area is 119 Å². The van der Waals surface area contributed by atoms with Crippen LogP contribution in [0.5, 0.6) is 17.2 Å². The molecule has 0 spiro atoms. The highest BCUT2D eigenvalue weighted by Gasteiger charge is 2.28. The van der Waals surface area contributed by atoms with Crippen LogP contribution in [0.15, 0.2) is 12.1 Å². The molecule has 2 atom stereocenters. The average Bonchev–Trinajstić information content (AvgIpc) is 2.53. The van der Waals surface area contributed by atoms with Crippen LogP contribution in [0.4, 0.5) is 0 Å². The first-order chi connectivity index (χ1) is 9.72. The van der Waals surface area contributed by atoms with Gasteiger partial charge in [0.25, 0.3) is 0 Å². The fourth-order valence-corrected chi connectivity index (χ4v) is 2.63. The van der Waals surface area contributed by atoms with Crippen molar-refractivity contribution in [3.63, 3.8) is 0 Å². The molecule has 0 radical (unpaired) electrons. The maximum absolute atomic E-state index is 10.6. The van der Waals surface area contributed by atoms with E-state index in [0.717, 1.165) is 19.4 Å². The highest BCUT2D eigenvalue weighted by Crippen LogP contribution is 2.44. The van der Waals surface area contributed by atoms with Gasteiger partial charge in [-0.3, -0.25) is 0 Å². The van der Waals surface area contributed by atoms with Crippen molar-refractivity contribution in [3.8, 4) is 17.2 Å². The van der Waals surface area contributed by atoms with Gasteiger partial charge in [-0.05, 0) is 25.0 Å². The molecular formula is C15H22O5. The van der Waals surface area contributed by atoms with E-state index in [9.17, 15) is 5.11 Å². The predicted octanol–water partition coefficient (Wildman–Crippen LogP) is 2.17. The zero-order valence-electron chi connectivity index (χ0n) is 12.2. The van der Waals surface area contributed by atoms with Crippen molar-refractivity contribution in [3.05, 3.63) is 17.7 Å². The first-order valence-corrected chi connectivity index (χ1v) is 6.77. The van der Waals surface area contributed by atoms with Gasteiger partial charge in [0.1, 0.15) is 0 Å². The molecule has 112 valence electrons. The maximum Gasteiger partial charge on any atom is 0.203 e. The number of hydrogen-bond donors (Lipinski definition) is 1. The molecule has 1 aliphatic heterocycles. The Balaban J connectivity index is 2.34. The van der Waals surface area contributed by atoms with Gasteiger partial charge in [0, 0.05) is 18.1 Å². The molecule has 0 aromatic heterocycles. The molecule has 5 nitrogen and oxygen atoms in total. The minimum atomic E-state index is -0.634. The van der Waals surface area contributed by atoms with Gasteiger partial charge in [-0.25, -0.2) is 0 Å². The summed E-state index contributed by atoms with van der Waals surface area (Å²) in [5.41, 5.74) is 0.709. The van der Waals surface area contributed by atoms with Crippen molar-refractivity contribution < 1.29 is 24.1 Å². The Morgan fingerprint density at radius 1 is 1.15 bits per heavy atom. The van der Waals surface area contributed by atoms with Crippen molar-refractivity contribution >= 4 is 0 Å². The SMILES string of the molecule is COc1ccc(C(O)C2CCCOC2)c(OC)c1OC. The van der Waals surface area contributed by atoms with Crippen LogP contribution in [0.3, 0.4) is 0 Å². The second kappa shape index (κ2) is 6.81. The maximum atomic E-state index is 10.6. The van der Waals surface area contributed by atoms with Crippen LogP contribution in [0.25, 0.3) is 0 Å². The minimum absolute atomic E-state index is 0.0794. The Kier molecular flexibility index (Phi) is 5.09. The van der Waals surface area contributed by atoms with Gasteiger partial charge >= 0.3 is 0 Å². The summed E-state index contributed by atoms with van der Waals surface area (Å²) in [6.45, 7) is 1.34. The summed E-state index contributed by atoms with van der Waals surface area (Å²) in [7, 11) is 4.69. The van der Waals surface area contributed by atoms with E-state index in [1.165, 1.54) is 0 Å². The van der Waals surface area contributed by atoms with Gasteiger partial charge < -0.3 is 24.1 Å². The molecule has 0 amide bonds. The molecule has 1 aromatic carbocycles. The Bertz CT molecular complexity index is 440. The van der Waals surface area contributed by atoms with Crippen molar-refractivity contribution in [2.75, 3.05) is 34.5 Å². The highest BCUT2D eigenvalue weighted by atomic mass is 16.5. The molecule has 1 heterocycles. The summed E-state index contributed by atoms with van der Waals surface area (Å²) in [4.78, 5) is 0. The van der Waals surface area contributed by atoms with Crippen LogP contribution in [-0.2, 0) is 4.74 Å². The highest BCUT2D eigenvalue weighted by molar-refractivity contribution is 5.56. The molecule has 0 bridgehead atoms. The summed E-state index contributed by atoms with van der Waals surface area (Å²) >= 11 is 0. The molecule has 1 aliphatic rings. The first-order valence-electron chi connectivity index (χ1n) is 6.77. The number of aliphatic hydroxyl groups excluding tert-OH is 1. The van der Waals surface area contributed by atoms with Gasteiger partial charge in [-0.2, -0.15) is 0 Å². The molecule has 20 heavy (non-hydrogen) atoms. The van der Waals surface area contributed by atoms with Gasteiger partial charge in [-0.15, -0.1) is 0 Å². The van der Waals surface area contributed by atoms with E-state index in [1.807, 2.05) is 6.07 Å². The lowest BCUT2D eigenvalue weighted by molar-refractivity contribution is -0.0108. The summed E-state index contributed by atoms with van der Waals surface area (Å²) in [6.07, 6.45) is 1.28. The Morgan fingerprint density at radius 3 is 2.45 bits per heavy atom. The van der Waals surface area contributed by atoms with E-state index in [0.29, 0.717) is 29.4 Å². The van der Waals surface area contributed by atoms with E-state index >= 15 is 0 Å². The number of rotatable bonds is 5. The van der Waals surface area contributed by atoms with Crippen LogP contribution < -0.4 is 14.2 Å². The fraction of sp³-hybridized carbons (Fsp3) is 0.600. The van der Waals surface area contributed by atoms with Crippen molar-refractivity contribution in [2.45, 2.75) is 18.9 Å². The predicted molar refractivity (Wildman–Crippen MR) is 74.6 cm³/mol. The van der Waals surface area contributed by atoms with Crippen LogP contribution in [0.2, 0.25) is 0 Å².